The van der Waals surface area contributed by atoms with Crippen molar-refractivity contribution in [2.45, 2.75) is 19.4 Å². The summed E-state index contributed by atoms with van der Waals surface area (Å²) in [5.41, 5.74) is 7.09. The maximum atomic E-state index is 6.00. The minimum absolute atomic E-state index is 0.311. The van der Waals surface area contributed by atoms with Crippen LogP contribution in [0, 0.1) is 5.92 Å². The Labute approximate surface area is 106 Å². The molecule has 88 valence electrons. The van der Waals surface area contributed by atoms with Gasteiger partial charge in [0.25, 0.3) is 0 Å². The molecule has 2 rings (SSSR count). The fourth-order valence-corrected chi connectivity index (χ4v) is 2.63. The number of hydrogen-bond donors (Lipinski definition) is 1. The molecule has 0 amide bonds. The summed E-state index contributed by atoms with van der Waals surface area (Å²) in [5.74, 6) is 0.506. The monoisotopic (exact) mass is 258 g/mol. The Bertz CT molecular complexity index is 361. The summed E-state index contributed by atoms with van der Waals surface area (Å²) in [5, 5.41) is 1.37. The van der Waals surface area contributed by atoms with Crippen molar-refractivity contribution in [1.82, 2.24) is 0 Å². The molecule has 1 fully saturated rings. The zero-order valence-corrected chi connectivity index (χ0v) is 10.8. The number of rotatable bonds is 1. The Morgan fingerprint density at radius 3 is 2.44 bits per heavy atom. The number of benzene rings is 1. The van der Waals surface area contributed by atoms with Gasteiger partial charge in [-0.05, 0) is 30.5 Å². The number of halogens is 2. The molecule has 1 aromatic rings. The van der Waals surface area contributed by atoms with Gasteiger partial charge in [-0.3, -0.25) is 0 Å². The number of piperidine rings is 1. The molecule has 1 aliphatic heterocycles. The lowest BCUT2D eigenvalue weighted by Gasteiger charge is -2.36. The Morgan fingerprint density at radius 1 is 1.25 bits per heavy atom. The lowest BCUT2D eigenvalue weighted by Crippen LogP contribution is -2.45. The molecule has 0 radical (unpaired) electrons. The van der Waals surface area contributed by atoms with Gasteiger partial charge in [-0.15, -0.1) is 0 Å². The van der Waals surface area contributed by atoms with Gasteiger partial charge in [0.05, 0.1) is 0 Å². The predicted molar refractivity (Wildman–Crippen MR) is 70.4 cm³/mol. The second kappa shape index (κ2) is 4.82. The van der Waals surface area contributed by atoms with Gasteiger partial charge in [-0.2, -0.15) is 0 Å². The summed E-state index contributed by atoms with van der Waals surface area (Å²) in [6.45, 7) is 4.13. The Morgan fingerprint density at radius 2 is 1.88 bits per heavy atom. The summed E-state index contributed by atoms with van der Waals surface area (Å²) >= 11 is 12.0. The maximum Gasteiger partial charge on any atom is 0.0441 e. The number of anilines is 1. The summed E-state index contributed by atoms with van der Waals surface area (Å²) in [6.07, 6.45) is 1.02. The van der Waals surface area contributed by atoms with Crippen molar-refractivity contribution in [1.29, 1.82) is 0 Å². The van der Waals surface area contributed by atoms with Gasteiger partial charge in [-0.1, -0.05) is 30.1 Å². The summed E-state index contributed by atoms with van der Waals surface area (Å²) < 4.78 is 0. The Kier molecular flexibility index (Phi) is 3.63. The number of nitrogens with two attached hydrogens (primary N) is 1. The highest BCUT2D eigenvalue weighted by atomic mass is 35.5. The smallest absolute Gasteiger partial charge is 0.0441 e. The fourth-order valence-electron chi connectivity index (χ4n) is 2.12. The lowest BCUT2D eigenvalue weighted by atomic mass is 9.94. The van der Waals surface area contributed by atoms with E-state index in [0.29, 0.717) is 22.0 Å². The van der Waals surface area contributed by atoms with Gasteiger partial charge in [-0.25, -0.2) is 0 Å². The largest absolute Gasteiger partial charge is 0.371 e. The number of hydrogen-bond acceptors (Lipinski definition) is 2. The average molecular weight is 259 g/mol. The van der Waals surface area contributed by atoms with Crippen molar-refractivity contribution >= 4 is 28.9 Å². The van der Waals surface area contributed by atoms with Gasteiger partial charge in [0, 0.05) is 34.9 Å². The molecule has 1 saturated heterocycles. The summed E-state index contributed by atoms with van der Waals surface area (Å²) in [4.78, 5) is 2.30. The second-order valence-corrected chi connectivity index (χ2v) is 5.38. The standard InChI is InChI=1S/C12H16Cl2N2/c1-8-7-16(3-2-12(8)15)11-5-9(13)4-10(14)6-11/h4-6,8,12H,2-3,7,15H2,1H3. The van der Waals surface area contributed by atoms with Crippen molar-refractivity contribution < 1.29 is 0 Å². The van der Waals surface area contributed by atoms with Gasteiger partial charge in [0.1, 0.15) is 0 Å². The van der Waals surface area contributed by atoms with E-state index in [9.17, 15) is 0 Å². The molecule has 0 spiro atoms. The van der Waals surface area contributed by atoms with Crippen LogP contribution in [0.25, 0.3) is 0 Å². The molecular formula is C12H16Cl2N2. The van der Waals surface area contributed by atoms with E-state index in [0.717, 1.165) is 25.2 Å². The molecular weight excluding hydrogens is 243 g/mol. The molecule has 0 bridgehead atoms. The van der Waals surface area contributed by atoms with Crippen molar-refractivity contribution in [2.75, 3.05) is 18.0 Å². The van der Waals surface area contributed by atoms with Gasteiger partial charge in [0.2, 0.25) is 0 Å². The average Bonchev–Trinajstić information content (AvgIpc) is 2.20. The Hall–Kier alpha value is -0.440. The molecule has 0 aliphatic carbocycles. The third-order valence-corrected chi connectivity index (χ3v) is 3.62. The molecule has 0 aromatic heterocycles. The number of nitrogens with zero attached hydrogens (tertiary/aromatic N) is 1. The van der Waals surface area contributed by atoms with Crippen LogP contribution < -0.4 is 10.6 Å². The van der Waals surface area contributed by atoms with Crippen LogP contribution in [0.1, 0.15) is 13.3 Å². The normalized spacial score (nSPS) is 25.9. The Balaban J connectivity index is 2.18. The zero-order chi connectivity index (χ0) is 11.7. The predicted octanol–water partition coefficient (Wildman–Crippen LogP) is 3.17. The summed E-state index contributed by atoms with van der Waals surface area (Å²) in [7, 11) is 0. The first kappa shape index (κ1) is 12.0. The first-order valence-corrected chi connectivity index (χ1v) is 6.28. The van der Waals surface area contributed by atoms with Crippen LogP contribution in [0.15, 0.2) is 18.2 Å². The van der Waals surface area contributed by atoms with Crippen LogP contribution in [-0.2, 0) is 0 Å². The topological polar surface area (TPSA) is 29.3 Å². The second-order valence-electron chi connectivity index (χ2n) is 4.50. The molecule has 1 aliphatic rings. The van der Waals surface area contributed by atoms with Crippen LogP contribution in [-0.4, -0.2) is 19.1 Å². The highest BCUT2D eigenvalue weighted by molar-refractivity contribution is 6.35. The van der Waals surface area contributed by atoms with Crippen LogP contribution in [0.4, 0.5) is 5.69 Å². The van der Waals surface area contributed by atoms with Crippen LogP contribution in [0.3, 0.4) is 0 Å². The van der Waals surface area contributed by atoms with Crippen LogP contribution in [0.5, 0.6) is 0 Å². The van der Waals surface area contributed by atoms with Crippen molar-refractivity contribution in [2.24, 2.45) is 11.7 Å². The first-order valence-electron chi connectivity index (χ1n) is 5.53. The van der Waals surface area contributed by atoms with E-state index >= 15 is 0 Å². The molecule has 2 N–H and O–H groups in total. The quantitative estimate of drug-likeness (QED) is 0.839. The highest BCUT2D eigenvalue weighted by Gasteiger charge is 2.23. The zero-order valence-electron chi connectivity index (χ0n) is 9.29. The van der Waals surface area contributed by atoms with Gasteiger partial charge >= 0.3 is 0 Å². The van der Waals surface area contributed by atoms with Gasteiger partial charge in [0.15, 0.2) is 0 Å². The molecule has 4 heteroatoms. The summed E-state index contributed by atoms with van der Waals surface area (Å²) in [6, 6.07) is 5.98. The third-order valence-electron chi connectivity index (χ3n) is 3.18. The first-order chi connectivity index (χ1) is 7.56. The molecule has 2 atom stereocenters. The third kappa shape index (κ3) is 2.62. The SMILES string of the molecule is CC1CN(c2cc(Cl)cc(Cl)c2)CCC1N. The van der Waals surface area contributed by atoms with Crippen molar-refractivity contribution in [3.63, 3.8) is 0 Å². The molecule has 1 heterocycles. The van der Waals surface area contributed by atoms with E-state index in [1.54, 1.807) is 6.07 Å². The van der Waals surface area contributed by atoms with Crippen molar-refractivity contribution in [3.05, 3.63) is 28.2 Å². The van der Waals surface area contributed by atoms with E-state index in [1.165, 1.54) is 0 Å². The van der Waals surface area contributed by atoms with Gasteiger partial charge < -0.3 is 10.6 Å². The molecule has 2 nitrogen and oxygen atoms in total. The molecule has 16 heavy (non-hydrogen) atoms. The molecule has 0 saturated carbocycles. The highest BCUT2D eigenvalue weighted by Crippen LogP contribution is 2.28. The fraction of sp³-hybridized carbons (Fsp3) is 0.500. The van der Waals surface area contributed by atoms with Crippen LogP contribution in [0.2, 0.25) is 10.0 Å². The maximum absolute atomic E-state index is 6.00. The van der Waals surface area contributed by atoms with Crippen molar-refractivity contribution in [3.8, 4) is 0 Å². The van der Waals surface area contributed by atoms with E-state index in [1.807, 2.05) is 12.1 Å². The minimum atomic E-state index is 0.311. The molecule has 2 unspecified atom stereocenters. The van der Waals surface area contributed by atoms with E-state index in [-0.39, 0.29) is 0 Å². The minimum Gasteiger partial charge on any atom is -0.371 e. The van der Waals surface area contributed by atoms with E-state index in [4.69, 9.17) is 28.9 Å². The van der Waals surface area contributed by atoms with E-state index < -0.39 is 0 Å². The van der Waals surface area contributed by atoms with Crippen LogP contribution >= 0.6 is 23.2 Å². The van der Waals surface area contributed by atoms with E-state index in [2.05, 4.69) is 11.8 Å². The lowest BCUT2D eigenvalue weighted by molar-refractivity contribution is 0.383. The molecule has 1 aromatic carbocycles.